The number of halogens is 1. The maximum atomic E-state index is 14.5. The number of likely N-dealkylation sites (tertiary alicyclic amines) is 1. The molecule has 2 N–H and O–H groups in total. The van der Waals surface area contributed by atoms with Gasteiger partial charge < -0.3 is 15.3 Å². The zero-order valence-corrected chi connectivity index (χ0v) is 15.2. The third-order valence-electron chi connectivity index (χ3n) is 4.51. The summed E-state index contributed by atoms with van der Waals surface area (Å²) in [6, 6.07) is 13.0. The first-order chi connectivity index (χ1) is 13.4. The van der Waals surface area contributed by atoms with Gasteiger partial charge in [0.25, 0.3) is 11.7 Å². The molecule has 2 amide bonds. The number of hydrogen-bond donors (Lipinski definition) is 2. The number of nitrogens with one attached hydrogen (secondary N) is 1. The van der Waals surface area contributed by atoms with Crippen LogP contribution in [-0.4, -0.2) is 40.7 Å². The van der Waals surface area contributed by atoms with Crippen LogP contribution in [0.2, 0.25) is 0 Å². The summed E-state index contributed by atoms with van der Waals surface area (Å²) in [7, 11) is 0. The number of aliphatic hydroxyl groups excluding tert-OH is 1. The second kappa shape index (κ2) is 8.04. The monoisotopic (exact) mass is 382 g/mol. The van der Waals surface area contributed by atoms with Crippen molar-refractivity contribution in [1.82, 2.24) is 10.2 Å². The van der Waals surface area contributed by atoms with Crippen molar-refractivity contribution >= 4 is 23.4 Å². The number of aliphatic hydroxyl groups is 1. The van der Waals surface area contributed by atoms with Gasteiger partial charge >= 0.3 is 0 Å². The molecular formula is C21H19FN2O4. The van der Waals surface area contributed by atoms with E-state index in [4.69, 9.17) is 0 Å². The highest BCUT2D eigenvalue weighted by Gasteiger charge is 2.46. The molecule has 0 bridgehead atoms. The van der Waals surface area contributed by atoms with Crippen LogP contribution < -0.4 is 5.32 Å². The summed E-state index contributed by atoms with van der Waals surface area (Å²) in [5, 5.41) is 13.3. The molecule has 1 aliphatic heterocycles. The van der Waals surface area contributed by atoms with Crippen LogP contribution in [-0.2, 0) is 14.4 Å². The van der Waals surface area contributed by atoms with Crippen LogP contribution in [0.15, 0.2) is 60.2 Å². The average molecular weight is 382 g/mol. The molecule has 2 aromatic carbocycles. The number of benzene rings is 2. The number of amides is 2. The molecule has 7 heteroatoms. The molecule has 1 aliphatic rings. The lowest BCUT2D eigenvalue weighted by molar-refractivity contribution is -0.140. The predicted molar refractivity (Wildman–Crippen MR) is 101 cm³/mol. The maximum Gasteiger partial charge on any atom is 0.295 e. The molecule has 0 aromatic heterocycles. The van der Waals surface area contributed by atoms with Crippen molar-refractivity contribution in [1.29, 1.82) is 0 Å². The number of rotatable bonds is 5. The first-order valence-electron chi connectivity index (χ1n) is 8.74. The summed E-state index contributed by atoms with van der Waals surface area (Å²) in [6.07, 6.45) is 0. The number of nitrogens with zero attached hydrogens (tertiary/aromatic N) is 1. The van der Waals surface area contributed by atoms with Crippen molar-refractivity contribution in [3.05, 3.63) is 77.1 Å². The van der Waals surface area contributed by atoms with E-state index >= 15 is 0 Å². The molecule has 1 atom stereocenters. The van der Waals surface area contributed by atoms with Crippen LogP contribution in [0.1, 0.15) is 24.1 Å². The third-order valence-corrected chi connectivity index (χ3v) is 4.51. The molecule has 28 heavy (non-hydrogen) atoms. The summed E-state index contributed by atoms with van der Waals surface area (Å²) in [4.78, 5) is 37.6. The van der Waals surface area contributed by atoms with Gasteiger partial charge in [-0.25, -0.2) is 4.39 Å². The Hall–Kier alpha value is -3.48. The van der Waals surface area contributed by atoms with E-state index in [1.807, 2.05) is 0 Å². The van der Waals surface area contributed by atoms with Gasteiger partial charge in [0, 0.05) is 31.1 Å². The van der Waals surface area contributed by atoms with Crippen molar-refractivity contribution in [2.45, 2.75) is 13.0 Å². The SMILES string of the molecule is CC(=O)NCCN1C(=O)C(=O)/C(=C(/O)c2ccccc2)C1c1ccccc1F. The topological polar surface area (TPSA) is 86.7 Å². The normalized spacial score (nSPS) is 18.4. The van der Waals surface area contributed by atoms with Crippen molar-refractivity contribution < 1.29 is 23.9 Å². The number of ketones is 1. The Kier molecular flexibility index (Phi) is 5.54. The second-order valence-corrected chi connectivity index (χ2v) is 6.36. The first-order valence-corrected chi connectivity index (χ1v) is 8.74. The Morgan fingerprint density at radius 1 is 1.11 bits per heavy atom. The lowest BCUT2D eigenvalue weighted by Gasteiger charge is -2.25. The highest BCUT2D eigenvalue weighted by atomic mass is 19.1. The van der Waals surface area contributed by atoms with Crippen LogP contribution in [0.4, 0.5) is 4.39 Å². The molecule has 6 nitrogen and oxygen atoms in total. The van der Waals surface area contributed by atoms with Gasteiger partial charge in [-0.15, -0.1) is 0 Å². The Bertz CT molecular complexity index is 956. The predicted octanol–water partition coefficient (Wildman–Crippen LogP) is 2.38. The molecule has 1 heterocycles. The molecule has 0 aliphatic carbocycles. The molecule has 1 fully saturated rings. The average Bonchev–Trinajstić information content (AvgIpc) is 2.93. The van der Waals surface area contributed by atoms with Crippen molar-refractivity contribution in [2.75, 3.05) is 13.1 Å². The minimum absolute atomic E-state index is 0.00523. The molecule has 1 saturated heterocycles. The zero-order chi connectivity index (χ0) is 20.3. The summed E-state index contributed by atoms with van der Waals surface area (Å²) in [5.41, 5.74) is 0.273. The van der Waals surface area contributed by atoms with E-state index in [0.29, 0.717) is 5.56 Å². The fraction of sp³-hybridized carbons (Fsp3) is 0.190. The number of carbonyl (C=O) groups is 3. The Morgan fingerprint density at radius 3 is 2.39 bits per heavy atom. The van der Waals surface area contributed by atoms with Crippen LogP contribution >= 0.6 is 0 Å². The molecule has 0 spiro atoms. The first kappa shape index (κ1) is 19.3. The second-order valence-electron chi connectivity index (χ2n) is 6.36. The van der Waals surface area contributed by atoms with Gasteiger partial charge in [0.2, 0.25) is 5.91 Å². The van der Waals surface area contributed by atoms with E-state index in [9.17, 15) is 23.9 Å². The van der Waals surface area contributed by atoms with Crippen molar-refractivity contribution in [2.24, 2.45) is 0 Å². The fourth-order valence-corrected chi connectivity index (χ4v) is 3.23. The standard InChI is InChI=1S/C21H19FN2O4/c1-13(25)23-11-12-24-18(15-9-5-6-10-16(15)22)17(20(27)21(24)28)19(26)14-7-3-2-4-8-14/h2-10,18,26H,11-12H2,1H3,(H,23,25)/b19-17+. The lowest BCUT2D eigenvalue weighted by atomic mass is 9.95. The Morgan fingerprint density at radius 2 is 1.75 bits per heavy atom. The van der Waals surface area contributed by atoms with Crippen LogP contribution in [0, 0.1) is 5.82 Å². The number of Topliss-reactive ketones (excluding diaryl/α,β-unsaturated/α-hetero) is 1. The van der Waals surface area contributed by atoms with E-state index in [1.165, 1.54) is 30.0 Å². The summed E-state index contributed by atoms with van der Waals surface area (Å²) >= 11 is 0. The number of carbonyl (C=O) groups excluding carboxylic acids is 3. The van der Waals surface area contributed by atoms with Crippen molar-refractivity contribution in [3.8, 4) is 0 Å². The highest BCUT2D eigenvalue weighted by Crippen LogP contribution is 2.39. The van der Waals surface area contributed by atoms with Gasteiger partial charge in [0.15, 0.2) is 0 Å². The fourth-order valence-electron chi connectivity index (χ4n) is 3.23. The van der Waals surface area contributed by atoms with Gasteiger partial charge in [0.05, 0.1) is 11.6 Å². The van der Waals surface area contributed by atoms with E-state index in [0.717, 1.165) is 0 Å². The minimum Gasteiger partial charge on any atom is -0.507 e. The Labute approximate surface area is 161 Å². The Balaban J connectivity index is 2.11. The lowest BCUT2D eigenvalue weighted by Crippen LogP contribution is -2.37. The largest absolute Gasteiger partial charge is 0.507 e. The maximum absolute atomic E-state index is 14.5. The van der Waals surface area contributed by atoms with E-state index in [-0.39, 0.29) is 35.9 Å². The summed E-state index contributed by atoms with van der Waals surface area (Å²) in [6.45, 7) is 1.42. The molecule has 0 saturated carbocycles. The number of hydrogen-bond acceptors (Lipinski definition) is 4. The molecule has 2 aromatic rings. The summed E-state index contributed by atoms with van der Waals surface area (Å²) in [5.74, 6) is -3.00. The highest BCUT2D eigenvalue weighted by molar-refractivity contribution is 6.46. The molecule has 144 valence electrons. The minimum atomic E-state index is -1.09. The molecular weight excluding hydrogens is 363 g/mol. The third kappa shape index (κ3) is 3.64. The zero-order valence-electron chi connectivity index (χ0n) is 15.2. The van der Waals surface area contributed by atoms with E-state index < -0.39 is 23.5 Å². The quantitative estimate of drug-likeness (QED) is 0.472. The van der Waals surface area contributed by atoms with Crippen molar-refractivity contribution in [3.63, 3.8) is 0 Å². The molecule has 3 rings (SSSR count). The molecule has 0 radical (unpaired) electrons. The smallest absolute Gasteiger partial charge is 0.295 e. The molecule has 1 unspecified atom stereocenters. The van der Waals surface area contributed by atoms with Gasteiger partial charge in [-0.05, 0) is 6.07 Å². The van der Waals surface area contributed by atoms with E-state index in [2.05, 4.69) is 5.32 Å². The van der Waals surface area contributed by atoms with Gasteiger partial charge in [-0.3, -0.25) is 14.4 Å². The van der Waals surface area contributed by atoms with Gasteiger partial charge in [-0.1, -0.05) is 48.5 Å². The van der Waals surface area contributed by atoms with Crippen LogP contribution in [0.5, 0.6) is 0 Å². The van der Waals surface area contributed by atoms with Gasteiger partial charge in [-0.2, -0.15) is 0 Å². The van der Waals surface area contributed by atoms with Crippen LogP contribution in [0.25, 0.3) is 5.76 Å². The van der Waals surface area contributed by atoms with Gasteiger partial charge in [0.1, 0.15) is 11.6 Å². The van der Waals surface area contributed by atoms with Crippen LogP contribution in [0.3, 0.4) is 0 Å². The van der Waals surface area contributed by atoms with E-state index in [1.54, 1.807) is 36.4 Å². The summed E-state index contributed by atoms with van der Waals surface area (Å²) < 4.78 is 14.5.